The molecule has 1 amide bonds. The molecule has 90 valence electrons. The van der Waals surface area contributed by atoms with E-state index in [4.69, 9.17) is 4.74 Å². The molecule has 1 heterocycles. The van der Waals surface area contributed by atoms with Crippen LogP contribution in [0, 0.1) is 5.82 Å². The van der Waals surface area contributed by atoms with Crippen LogP contribution in [0.1, 0.15) is 11.7 Å². The summed E-state index contributed by atoms with van der Waals surface area (Å²) in [4.78, 5) is 11.9. The van der Waals surface area contributed by atoms with Crippen LogP contribution in [0.5, 0.6) is 5.75 Å². The van der Waals surface area contributed by atoms with E-state index in [1.807, 2.05) is 18.2 Å². The van der Waals surface area contributed by atoms with E-state index in [1.165, 1.54) is 18.2 Å². The van der Waals surface area contributed by atoms with Crippen LogP contribution in [-0.2, 0) is 4.79 Å². The van der Waals surface area contributed by atoms with Gasteiger partial charge < -0.3 is 10.1 Å². The molecule has 1 aliphatic rings. The van der Waals surface area contributed by atoms with E-state index in [-0.39, 0.29) is 5.91 Å². The zero-order chi connectivity index (χ0) is 12.5. The van der Waals surface area contributed by atoms with Gasteiger partial charge in [0.05, 0.1) is 5.69 Å². The van der Waals surface area contributed by atoms with Crippen molar-refractivity contribution in [1.82, 2.24) is 0 Å². The van der Waals surface area contributed by atoms with E-state index in [2.05, 4.69) is 5.32 Å². The number of nitrogens with one attached hydrogen (secondary N) is 1. The molecule has 3 nitrogen and oxygen atoms in total. The number of halogens is 1. The number of rotatable bonds is 1. The quantitative estimate of drug-likeness (QED) is 0.836. The Labute approximate surface area is 103 Å². The van der Waals surface area contributed by atoms with Crippen molar-refractivity contribution in [3.63, 3.8) is 0 Å². The maximum Gasteiger partial charge on any atom is 0.270 e. The third-order valence-electron chi connectivity index (χ3n) is 2.79. The van der Waals surface area contributed by atoms with Crippen LogP contribution in [0.3, 0.4) is 0 Å². The smallest absolute Gasteiger partial charge is 0.270 e. The minimum absolute atomic E-state index is 0.250. The lowest BCUT2D eigenvalue weighted by molar-refractivity contribution is -0.123. The number of carbonyl (C=O) groups excluding carboxylic acids is 1. The predicted octanol–water partition coefficient (Wildman–Crippen LogP) is 2.90. The van der Waals surface area contributed by atoms with Crippen molar-refractivity contribution in [3.8, 4) is 5.75 Å². The molecule has 1 aliphatic heterocycles. The third kappa shape index (κ3) is 1.82. The van der Waals surface area contributed by atoms with Crippen LogP contribution < -0.4 is 10.1 Å². The zero-order valence-electron chi connectivity index (χ0n) is 9.39. The molecule has 0 saturated carbocycles. The van der Waals surface area contributed by atoms with Gasteiger partial charge in [-0.15, -0.1) is 0 Å². The van der Waals surface area contributed by atoms with Gasteiger partial charge in [0.1, 0.15) is 11.6 Å². The van der Waals surface area contributed by atoms with Gasteiger partial charge in [-0.1, -0.05) is 30.3 Å². The second-order valence-electron chi connectivity index (χ2n) is 4.04. The van der Waals surface area contributed by atoms with Gasteiger partial charge in [-0.25, -0.2) is 4.39 Å². The number of anilines is 1. The van der Waals surface area contributed by atoms with Crippen molar-refractivity contribution < 1.29 is 13.9 Å². The van der Waals surface area contributed by atoms with E-state index < -0.39 is 11.9 Å². The molecule has 0 aliphatic carbocycles. The SMILES string of the molecule is O=C1Nc2ccc(F)cc2OC1c1ccccc1. The fourth-order valence-electron chi connectivity index (χ4n) is 1.92. The first kappa shape index (κ1) is 10.8. The highest BCUT2D eigenvalue weighted by atomic mass is 19.1. The number of amides is 1. The van der Waals surface area contributed by atoms with Gasteiger partial charge in [-0.3, -0.25) is 4.79 Å². The normalized spacial score (nSPS) is 17.6. The molecule has 2 aromatic carbocycles. The minimum atomic E-state index is -0.736. The first-order valence-electron chi connectivity index (χ1n) is 5.56. The summed E-state index contributed by atoms with van der Waals surface area (Å²) in [6.07, 6.45) is -0.736. The van der Waals surface area contributed by atoms with Gasteiger partial charge in [0.25, 0.3) is 5.91 Å². The molecule has 0 aromatic heterocycles. The van der Waals surface area contributed by atoms with Gasteiger partial charge in [-0.2, -0.15) is 0 Å². The van der Waals surface area contributed by atoms with Gasteiger partial charge >= 0.3 is 0 Å². The summed E-state index contributed by atoms with van der Waals surface area (Å²) >= 11 is 0. The molecule has 0 bridgehead atoms. The lowest BCUT2D eigenvalue weighted by Gasteiger charge is -2.26. The molecule has 0 spiro atoms. The number of ether oxygens (including phenoxy) is 1. The Morgan fingerprint density at radius 2 is 1.89 bits per heavy atom. The van der Waals surface area contributed by atoms with Gasteiger partial charge in [0.15, 0.2) is 0 Å². The van der Waals surface area contributed by atoms with E-state index in [1.54, 1.807) is 12.1 Å². The van der Waals surface area contributed by atoms with Crippen molar-refractivity contribution in [2.45, 2.75) is 6.10 Å². The summed E-state index contributed by atoms with van der Waals surface area (Å²) < 4.78 is 18.7. The highest BCUT2D eigenvalue weighted by Gasteiger charge is 2.29. The summed E-state index contributed by atoms with van der Waals surface area (Å²) in [5.41, 5.74) is 1.23. The highest BCUT2D eigenvalue weighted by molar-refractivity contribution is 5.98. The molecule has 1 N–H and O–H groups in total. The van der Waals surface area contributed by atoms with Crippen molar-refractivity contribution >= 4 is 11.6 Å². The minimum Gasteiger partial charge on any atom is -0.474 e. The Kier molecular flexibility index (Phi) is 2.48. The second kappa shape index (κ2) is 4.14. The van der Waals surface area contributed by atoms with Crippen LogP contribution in [0.15, 0.2) is 48.5 Å². The molecule has 1 atom stereocenters. The summed E-state index contributed by atoms with van der Waals surface area (Å²) in [6, 6.07) is 13.2. The number of hydrogen-bond acceptors (Lipinski definition) is 2. The van der Waals surface area contributed by atoms with Gasteiger partial charge in [0.2, 0.25) is 6.10 Å². The fraction of sp³-hybridized carbons (Fsp3) is 0.0714. The van der Waals surface area contributed by atoms with Crippen molar-refractivity contribution in [2.75, 3.05) is 5.32 Å². The molecule has 0 fully saturated rings. The van der Waals surface area contributed by atoms with E-state index >= 15 is 0 Å². The van der Waals surface area contributed by atoms with Crippen LogP contribution >= 0.6 is 0 Å². The Hall–Kier alpha value is -2.36. The van der Waals surface area contributed by atoms with E-state index in [0.717, 1.165) is 5.56 Å². The molecule has 2 aromatic rings. The molecule has 3 rings (SSSR count). The Morgan fingerprint density at radius 3 is 2.67 bits per heavy atom. The molecule has 1 unspecified atom stereocenters. The Balaban J connectivity index is 1.99. The molecule has 0 saturated heterocycles. The number of hydrogen-bond donors (Lipinski definition) is 1. The predicted molar refractivity (Wildman–Crippen MR) is 64.8 cm³/mol. The second-order valence-corrected chi connectivity index (χ2v) is 4.04. The molecule has 0 radical (unpaired) electrons. The lowest BCUT2D eigenvalue weighted by atomic mass is 10.1. The third-order valence-corrected chi connectivity index (χ3v) is 2.79. The number of benzene rings is 2. The summed E-state index contributed by atoms with van der Waals surface area (Å²) in [5.74, 6) is -0.291. The number of carbonyl (C=O) groups is 1. The van der Waals surface area contributed by atoms with Crippen LogP contribution in [-0.4, -0.2) is 5.91 Å². The van der Waals surface area contributed by atoms with Gasteiger partial charge in [0, 0.05) is 11.6 Å². The van der Waals surface area contributed by atoms with Crippen LogP contribution in [0.4, 0.5) is 10.1 Å². The van der Waals surface area contributed by atoms with Gasteiger partial charge in [-0.05, 0) is 12.1 Å². The summed E-state index contributed by atoms with van der Waals surface area (Å²) in [6.45, 7) is 0. The largest absolute Gasteiger partial charge is 0.474 e. The maximum atomic E-state index is 13.1. The summed E-state index contributed by atoms with van der Waals surface area (Å²) in [5, 5.41) is 2.71. The lowest BCUT2D eigenvalue weighted by Crippen LogP contribution is -2.30. The van der Waals surface area contributed by atoms with Crippen molar-refractivity contribution in [2.24, 2.45) is 0 Å². The number of fused-ring (bicyclic) bond motifs is 1. The highest BCUT2D eigenvalue weighted by Crippen LogP contribution is 2.35. The molecular formula is C14H10FNO2. The maximum absolute atomic E-state index is 13.1. The topological polar surface area (TPSA) is 38.3 Å². The average Bonchev–Trinajstić information content (AvgIpc) is 2.39. The first-order valence-corrected chi connectivity index (χ1v) is 5.56. The first-order chi connectivity index (χ1) is 8.74. The van der Waals surface area contributed by atoms with Crippen LogP contribution in [0.2, 0.25) is 0 Å². The van der Waals surface area contributed by atoms with Crippen LogP contribution in [0.25, 0.3) is 0 Å². The molecule has 18 heavy (non-hydrogen) atoms. The molecule has 4 heteroatoms. The van der Waals surface area contributed by atoms with Crippen molar-refractivity contribution in [1.29, 1.82) is 0 Å². The fourth-order valence-corrected chi connectivity index (χ4v) is 1.92. The Morgan fingerprint density at radius 1 is 1.11 bits per heavy atom. The Bertz CT molecular complexity index is 598. The van der Waals surface area contributed by atoms with E-state index in [9.17, 15) is 9.18 Å². The van der Waals surface area contributed by atoms with E-state index in [0.29, 0.717) is 11.4 Å². The zero-order valence-corrected chi connectivity index (χ0v) is 9.39. The van der Waals surface area contributed by atoms with Crippen molar-refractivity contribution in [3.05, 3.63) is 59.9 Å². The summed E-state index contributed by atoms with van der Waals surface area (Å²) in [7, 11) is 0. The standard InChI is InChI=1S/C14H10FNO2/c15-10-6-7-11-12(8-10)18-13(14(17)16-11)9-4-2-1-3-5-9/h1-8,13H,(H,16,17). The monoisotopic (exact) mass is 243 g/mol. The average molecular weight is 243 g/mol. The molecular weight excluding hydrogens is 233 g/mol.